The lowest BCUT2D eigenvalue weighted by Gasteiger charge is -2.20. The smallest absolute Gasteiger partial charge is 0.223 e. The van der Waals surface area contributed by atoms with E-state index in [0.29, 0.717) is 6.42 Å². The quantitative estimate of drug-likeness (QED) is 0.706. The van der Waals surface area contributed by atoms with E-state index in [1.165, 1.54) is 11.8 Å². The van der Waals surface area contributed by atoms with Gasteiger partial charge in [0.1, 0.15) is 0 Å². The third-order valence-electron chi connectivity index (χ3n) is 3.22. The predicted octanol–water partition coefficient (Wildman–Crippen LogP) is 0.538. The zero-order valence-corrected chi connectivity index (χ0v) is 12.7. The number of hydrogen-bond donors (Lipinski definition) is 1. The molecule has 1 amide bonds. The molecule has 1 aliphatic rings. The Morgan fingerprint density at radius 1 is 1.47 bits per heavy atom. The van der Waals surface area contributed by atoms with Crippen molar-refractivity contribution in [3.05, 3.63) is 0 Å². The van der Waals surface area contributed by atoms with Crippen LogP contribution in [0.1, 0.15) is 26.2 Å². The Morgan fingerprint density at radius 2 is 2.16 bits per heavy atom. The predicted molar refractivity (Wildman–Crippen MR) is 79.0 cm³/mol. The molecule has 1 aliphatic heterocycles. The van der Waals surface area contributed by atoms with Gasteiger partial charge in [-0.05, 0) is 39.5 Å². The van der Waals surface area contributed by atoms with Gasteiger partial charge in [0.25, 0.3) is 0 Å². The van der Waals surface area contributed by atoms with Gasteiger partial charge in [-0.2, -0.15) is 0 Å². The maximum absolute atomic E-state index is 11.8. The third kappa shape index (κ3) is 6.40. The van der Waals surface area contributed by atoms with E-state index in [-0.39, 0.29) is 16.3 Å². The van der Waals surface area contributed by atoms with Crippen molar-refractivity contribution in [1.82, 2.24) is 9.80 Å². The molecule has 1 fully saturated rings. The van der Waals surface area contributed by atoms with Crippen molar-refractivity contribution in [1.29, 1.82) is 0 Å². The molecule has 2 N–H and O–H groups in total. The molecule has 1 rings (SSSR count). The molecule has 0 aromatic rings. The van der Waals surface area contributed by atoms with Crippen LogP contribution in [-0.2, 0) is 9.59 Å². The van der Waals surface area contributed by atoms with Crippen LogP contribution in [0.4, 0.5) is 0 Å². The lowest BCUT2D eigenvalue weighted by molar-refractivity contribution is -0.127. The molecule has 0 bridgehead atoms. The molecule has 0 spiro atoms. The van der Waals surface area contributed by atoms with Gasteiger partial charge >= 0.3 is 0 Å². The second-order valence-electron chi connectivity index (χ2n) is 5.07. The van der Waals surface area contributed by atoms with E-state index in [1.54, 1.807) is 6.92 Å². The fraction of sp³-hybridized carbons (Fsp3) is 0.846. The maximum atomic E-state index is 11.8. The Labute approximate surface area is 119 Å². The van der Waals surface area contributed by atoms with Gasteiger partial charge in [0.05, 0.1) is 0 Å². The van der Waals surface area contributed by atoms with Crippen LogP contribution in [0.2, 0.25) is 0 Å². The largest absolute Gasteiger partial charge is 0.341 e. The lowest BCUT2D eigenvalue weighted by Crippen LogP contribution is -2.30. The van der Waals surface area contributed by atoms with Gasteiger partial charge in [0.15, 0.2) is 5.12 Å². The Bertz CT molecular complexity index is 312. The molecule has 1 atom stereocenters. The van der Waals surface area contributed by atoms with Crippen molar-refractivity contribution in [2.45, 2.75) is 31.4 Å². The van der Waals surface area contributed by atoms with Crippen molar-refractivity contribution in [2.75, 3.05) is 39.8 Å². The zero-order chi connectivity index (χ0) is 14.3. The van der Waals surface area contributed by atoms with Crippen molar-refractivity contribution < 1.29 is 9.59 Å². The van der Waals surface area contributed by atoms with Crippen molar-refractivity contribution in [2.24, 2.45) is 5.73 Å². The number of amides is 1. The first-order valence-electron chi connectivity index (χ1n) is 6.86. The molecule has 110 valence electrons. The van der Waals surface area contributed by atoms with Crippen molar-refractivity contribution in [3.63, 3.8) is 0 Å². The summed E-state index contributed by atoms with van der Waals surface area (Å²) in [6, 6.07) is 0. The van der Waals surface area contributed by atoms with E-state index in [2.05, 4.69) is 11.9 Å². The highest BCUT2D eigenvalue weighted by molar-refractivity contribution is 8.14. The van der Waals surface area contributed by atoms with Crippen molar-refractivity contribution in [3.8, 4) is 0 Å². The molecule has 0 aromatic heterocycles. The minimum absolute atomic E-state index is 0.0983. The van der Waals surface area contributed by atoms with Gasteiger partial charge in [-0.3, -0.25) is 9.59 Å². The zero-order valence-electron chi connectivity index (χ0n) is 11.9. The Kier molecular flexibility index (Phi) is 7.41. The summed E-state index contributed by atoms with van der Waals surface area (Å²) in [5, 5.41) is 0.251. The number of carbonyl (C=O) groups excluding carboxylic acids is 2. The molecule has 0 aliphatic carbocycles. The Morgan fingerprint density at radius 3 is 2.79 bits per heavy atom. The normalized spacial score (nSPS) is 19.5. The average Bonchev–Trinajstić information content (AvgIpc) is 2.66. The fourth-order valence-corrected chi connectivity index (χ4v) is 3.22. The first-order chi connectivity index (χ1) is 9.02. The molecule has 19 heavy (non-hydrogen) atoms. The molecular formula is C13H25N3O2S. The first kappa shape index (κ1) is 16.5. The van der Waals surface area contributed by atoms with Crippen LogP contribution in [0.15, 0.2) is 0 Å². The molecule has 0 saturated carbocycles. The Balaban J connectivity index is 2.19. The van der Waals surface area contributed by atoms with Gasteiger partial charge in [-0.1, -0.05) is 11.8 Å². The number of likely N-dealkylation sites (tertiary alicyclic amines) is 1. The molecule has 1 saturated heterocycles. The van der Waals surface area contributed by atoms with Crippen molar-refractivity contribution >= 4 is 22.8 Å². The monoisotopic (exact) mass is 287 g/mol. The van der Waals surface area contributed by atoms with Gasteiger partial charge in [0, 0.05) is 31.7 Å². The van der Waals surface area contributed by atoms with Crippen LogP contribution < -0.4 is 5.73 Å². The van der Waals surface area contributed by atoms with Gasteiger partial charge in [-0.25, -0.2) is 0 Å². The number of thioether (sulfide) groups is 1. The molecule has 1 unspecified atom stereocenters. The number of nitrogens with zero attached hydrogens (tertiary/aromatic N) is 2. The summed E-state index contributed by atoms with van der Waals surface area (Å²) in [4.78, 5) is 26.9. The minimum atomic E-state index is 0.0983. The van der Waals surface area contributed by atoms with E-state index < -0.39 is 0 Å². The van der Waals surface area contributed by atoms with Gasteiger partial charge in [0.2, 0.25) is 5.91 Å². The standard InChI is InChI=1S/C13H25N3O2S/c1-11(17)19-12-9-13(18)16(10-12)8-4-7-15(2)6-3-5-14/h12H,3-10,14H2,1-2H3. The number of nitrogens with two attached hydrogens (primary N) is 1. The van der Waals surface area contributed by atoms with E-state index in [1.807, 2.05) is 4.90 Å². The van der Waals surface area contributed by atoms with Crippen LogP contribution in [0.5, 0.6) is 0 Å². The SMILES string of the molecule is CC(=O)SC1CC(=O)N(CCCN(C)CCCN)C1. The van der Waals surface area contributed by atoms with Crippen LogP contribution >= 0.6 is 11.8 Å². The van der Waals surface area contributed by atoms with Crippen LogP contribution in [0, 0.1) is 0 Å². The summed E-state index contributed by atoms with van der Waals surface area (Å²) in [6.07, 6.45) is 2.49. The second kappa shape index (κ2) is 8.55. The average molecular weight is 287 g/mol. The first-order valence-corrected chi connectivity index (χ1v) is 7.74. The molecule has 1 heterocycles. The van der Waals surface area contributed by atoms with Crippen LogP contribution in [-0.4, -0.2) is 65.8 Å². The van der Waals surface area contributed by atoms with E-state index in [4.69, 9.17) is 5.73 Å². The van der Waals surface area contributed by atoms with Crippen LogP contribution in [0.25, 0.3) is 0 Å². The number of carbonyl (C=O) groups is 2. The Hall–Kier alpha value is -0.590. The summed E-state index contributed by atoms with van der Waals surface area (Å²) < 4.78 is 0. The summed E-state index contributed by atoms with van der Waals surface area (Å²) in [5.74, 6) is 0.184. The lowest BCUT2D eigenvalue weighted by atomic mass is 10.3. The topological polar surface area (TPSA) is 66.6 Å². The van der Waals surface area contributed by atoms with E-state index in [0.717, 1.165) is 45.6 Å². The molecule has 0 radical (unpaired) electrons. The molecular weight excluding hydrogens is 262 g/mol. The highest BCUT2D eigenvalue weighted by Gasteiger charge is 2.30. The summed E-state index contributed by atoms with van der Waals surface area (Å²) in [5.41, 5.74) is 5.47. The summed E-state index contributed by atoms with van der Waals surface area (Å²) in [7, 11) is 2.08. The summed E-state index contributed by atoms with van der Waals surface area (Å²) >= 11 is 1.29. The van der Waals surface area contributed by atoms with Gasteiger partial charge < -0.3 is 15.5 Å². The maximum Gasteiger partial charge on any atom is 0.223 e. The van der Waals surface area contributed by atoms with E-state index in [9.17, 15) is 9.59 Å². The third-order valence-corrected chi connectivity index (χ3v) is 4.20. The molecule has 5 nitrogen and oxygen atoms in total. The second-order valence-corrected chi connectivity index (χ2v) is 6.55. The minimum Gasteiger partial charge on any atom is -0.341 e. The van der Waals surface area contributed by atoms with Gasteiger partial charge in [-0.15, -0.1) is 0 Å². The highest BCUT2D eigenvalue weighted by Crippen LogP contribution is 2.24. The molecule has 6 heteroatoms. The summed E-state index contributed by atoms with van der Waals surface area (Å²) in [6.45, 7) is 5.78. The highest BCUT2D eigenvalue weighted by atomic mass is 32.2. The number of rotatable bonds is 8. The molecule has 0 aromatic carbocycles. The fourth-order valence-electron chi connectivity index (χ4n) is 2.27. The van der Waals surface area contributed by atoms with E-state index >= 15 is 0 Å². The number of hydrogen-bond acceptors (Lipinski definition) is 5. The van der Waals surface area contributed by atoms with Crippen LogP contribution in [0.3, 0.4) is 0 Å².